The number of hydrogen-bond acceptors (Lipinski definition) is 6. The number of morpholine rings is 1. The van der Waals surface area contributed by atoms with E-state index in [9.17, 15) is 19.8 Å². The number of rotatable bonds is 5. The molecule has 4 rings (SSSR count). The van der Waals surface area contributed by atoms with Gasteiger partial charge in [-0.2, -0.15) is 0 Å². The molecule has 1 aliphatic rings. The fourth-order valence-electron chi connectivity index (χ4n) is 4.23. The average molecular weight is 437 g/mol. The third-order valence-electron chi connectivity index (χ3n) is 5.99. The number of phenolic OH excluding ortho intramolecular Hbond substituents is 2. The lowest BCUT2D eigenvalue weighted by Crippen LogP contribution is -2.41. The van der Waals surface area contributed by atoms with Gasteiger partial charge in [0.25, 0.3) is 0 Å². The summed E-state index contributed by atoms with van der Waals surface area (Å²) in [5, 5.41) is 21.2. The van der Waals surface area contributed by atoms with Crippen molar-refractivity contribution in [2.24, 2.45) is 5.92 Å². The first-order valence-electron chi connectivity index (χ1n) is 10.8. The number of aromatic hydroxyl groups is 2. The van der Waals surface area contributed by atoms with Gasteiger partial charge in [0, 0.05) is 48.7 Å². The fraction of sp³-hybridized carbons (Fsp3) is 0.360. The molecule has 1 amide bonds. The molecule has 0 aliphatic carbocycles. The van der Waals surface area contributed by atoms with Crippen LogP contribution in [-0.2, 0) is 9.53 Å². The van der Waals surface area contributed by atoms with E-state index in [1.807, 2.05) is 44.2 Å². The Bertz CT molecular complexity index is 1180. The third-order valence-corrected chi connectivity index (χ3v) is 5.99. The monoisotopic (exact) mass is 437 g/mol. The van der Waals surface area contributed by atoms with Crippen LogP contribution < -0.4 is 5.43 Å². The Hall–Kier alpha value is -3.32. The molecule has 0 bridgehead atoms. The standard InChI is InChI=1S/C25H27NO6/c1-15(2)17(12-22(30)26-8-10-31-11-9-26)23-18(27)13-19(28)24-20(29)14-21(32-25(23)24)16-6-4-3-5-7-16/h3-7,13-15,17,27-28H,8-12H2,1-2H3/t17-/m1/s1. The highest BCUT2D eigenvalue weighted by atomic mass is 16.5. The summed E-state index contributed by atoms with van der Waals surface area (Å²) < 4.78 is 11.4. The van der Waals surface area contributed by atoms with Gasteiger partial charge in [0.1, 0.15) is 28.2 Å². The van der Waals surface area contributed by atoms with Crippen molar-refractivity contribution in [3.05, 3.63) is 58.3 Å². The Kier molecular flexibility index (Phi) is 6.19. The van der Waals surface area contributed by atoms with E-state index in [1.54, 1.807) is 4.90 Å². The van der Waals surface area contributed by atoms with Gasteiger partial charge in [0.15, 0.2) is 5.43 Å². The summed E-state index contributed by atoms with van der Waals surface area (Å²) >= 11 is 0. The number of ether oxygens (including phenoxy) is 1. The second kappa shape index (κ2) is 9.04. The molecule has 1 saturated heterocycles. The molecular weight excluding hydrogens is 410 g/mol. The van der Waals surface area contributed by atoms with Crippen molar-refractivity contribution in [2.45, 2.75) is 26.2 Å². The number of carbonyl (C=O) groups excluding carboxylic acids is 1. The number of carbonyl (C=O) groups is 1. The Morgan fingerprint density at radius 1 is 1.06 bits per heavy atom. The minimum Gasteiger partial charge on any atom is -0.507 e. The zero-order chi connectivity index (χ0) is 22.8. The summed E-state index contributed by atoms with van der Waals surface area (Å²) in [7, 11) is 0. The molecule has 2 heterocycles. The Morgan fingerprint density at radius 2 is 1.75 bits per heavy atom. The first kappa shape index (κ1) is 21.9. The summed E-state index contributed by atoms with van der Waals surface area (Å²) in [6.07, 6.45) is 0.143. The van der Waals surface area contributed by atoms with Crippen LogP contribution in [-0.4, -0.2) is 47.3 Å². The summed E-state index contributed by atoms with van der Waals surface area (Å²) in [5.74, 6) is -0.717. The first-order chi connectivity index (χ1) is 15.4. The molecule has 0 spiro atoms. The summed E-state index contributed by atoms with van der Waals surface area (Å²) in [6, 6.07) is 11.6. The number of hydrogen-bond donors (Lipinski definition) is 2. The van der Waals surface area contributed by atoms with E-state index in [2.05, 4.69) is 0 Å². The van der Waals surface area contributed by atoms with Crippen LogP contribution in [0.15, 0.2) is 51.7 Å². The lowest BCUT2D eigenvalue weighted by atomic mass is 9.83. The molecule has 7 heteroatoms. The molecule has 32 heavy (non-hydrogen) atoms. The van der Waals surface area contributed by atoms with Gasteiger partial charge in [-0.15, -0.1) is 0 Å². The minimum absolute atomic E-state index is 0.00181. The molecule has 3 aromatic rings. The molecule has 1 aromatic heterocycles. The fourth-order valence-corrected chi connectivity index (χ4v) is 4.23. The zero-order valence-electron chi connectivity index (χ0n) is 18.2. The van der Waals surface area contributed by atoms with Crippen molar-refractivity contribution < 1.29 is 24.2 Å². The van der Waals surface area contributed by atoms with Gasteiger partial charge in [0.2, 0.25) is 5.91 Å². The van der Waals surface area contributed by atoms with Crippen LogP contribution in [0.4, 0.5) is 0 Å². The predicted octanol–water partition coefficient (Wildman–Crippen LogP) is 3.86. The van der Waals surface area contributed by atoms with E-state index in [-0.39, 0.29) is 40.7 Å². The van der Waals surface area contributed by atoms with Crippen molar-refractivity contribution in [1.82, 2.24) is 4.90 Å². The lowest BCUT2D eigenvalue weighted by Gasteiger charge is -2.30. The van der Waals surface area contributed by atoms with E-state index < -0.39 is 11.3 Å². The summed E-state index contributed by atoms with van der Waals surface area (Å²) in [6.45, 7) is 5.96. The van der Waals surface area contributed by atoms with E-state index in [0.29, 0.717) is 43.2 Å². The first-order valence-corrected chi connectivity index (χ1v) is 10.8. The van der Waals surface area contributed by atoms with Crippen LogP contribution >= 0.6 is 0 Å². The molecule has 1 atom stereocenters. The molecule has 0 radical (unpaired) electrons. The molecule has 2 aromatic carbocycles. The Morgan fingerprint density at radius 3 is 2.41 bits per heavy atom. The van der Waals surface area contributed by atoms with Crippen molar-refractivity contribution in [2.75, 3.05) is 26.3 Å². The number of fused-ring (bicyclic) bond motifs is 1. The van der Waals surface area contributed by atoms with Gasteiger partial charge in [0.05, 0.1) is 13.2 Å². The van der Waals surface area contributed by atoms with E-state index in [1.165, 1.54) is 6.07 Å². The molecule has 0 unspecified atom stereocenters. The number of phenols is 2. The Balaban J connectivity index is 1.86. The van der Waals surface area contributed by atoms with Gasteiger partial charge in [-0.1, -0.05) is 44.2 Å². The second-order valence-electron chi connectivity index (χ2n) is 8.42. The van der Waals surface area contributed by atoms with Gasteiger partial charge in [-0.3, -0.25) is 9.59 Å². The maximum Gasteiger partial charge on any atom is 0.223 e. The maximum atomic E-state index is 13.0. The highest BCUT2D eigenvalue weighted by molar-refractivity contribution is 5.90. The van der Waals surface area contributed by atoms with Gasteiger partial charge in [-0.25, -0.2) is 0 Å². The quantitative estimate of drug-likeness (QED) is 0.629. The van der Waals surface area contributed by atoms with Crippen LogP contribution in [0.3, 0.4) is 0 Å². The average Bonchev–Trinajstić information content (AvgIpc) is 2.78. The van der Waals surface area contributed by atoms with Crippen LogP contribution in [0.2, 0.25) is 0 Å². The normalized spacial score (nSPS) is 15.3. The summed E-state index contributed by atoms with van der Waals surface area (Å²) in [5.41, 5.74) is 0.767. The van der Waals surface area contributed by atoms with Crippen molar-refractivity contribution in [1.29, 1.82) is 0 Å². The van der Waals surface area contributed by atoms with Crippen molar-refractivity contribution >= 4 is 16.9 Å². The number of amides is 1. The number of benzene rings is 2. The molecule has 0 saturated carbocycles. The van der Waals surface area contributed by atoms with Crippen molar-refractivity contribution in [3.8, 4) is 22.8 Å². The topological polar surface area (TPSA) is 100 Å². The smallest absolute Gasteiger partial charge is 0.223 e. The molecule has 7 nitrogen and oxygen atoms in total. The highest BCUT2D eigenvalue weighted by Crippen LogP contribution is 2.43. The second-order valence-corrected chi connectivity index (χ2v) is 8.42. The summed E-state index contributed by atoms with van der Waals surface area (Å²) in [4.78, 5) is 27.7. The number of nitrogens with zero attached hydrogens (tertiary/aromatic N) is 1. The van der Waals surface area contributed by atoms with Gasteiger partial charge in [-0.05, 0) is 5.92 Å². The van der Waals surface area contributed by atoms with Crippen molar-refractivity contribution in [3.63, 3.8) is 0 Å². The van der Waals surface area contributed by atoms with E-state index in [0.717, 1.165) is 6.07 Å². The lowest BCUT2D eigenvalue weighted by molar-refractivity contribution is -0.135. The highest BCUT2D eigenvalue weighted by Gasteiger charge is 2.30. The third kappa shape index (κ3) is 4.21. The Labute approximate surface area is 185 Å². The molecule has 168 valence electrons. The molecule has 2 N–H and O–H groups in total. The van der Waals surface area contributed by atoms with E-state index >= 15 is 0 Å². The van der Waals surface area contributed by atoms with Gasteiger partial charge >= 0.3 is 0 Å². The van der Waals surface area contributed by atoms with Gasteiger partial charge < -0.3 is 24.3 Å². The molecule has 1 aliphatic heterocycles. The van der Waals surface area contributed by atoms with Crippen LogP contribution in [0.25, 0.3) is 22.3 Å². The predicted molar refractivity (Wildman–Crippen MR) is 121 cm³/mol. The zero-order valence-corrected chi connectivity index (χ0v) is 18.2. The largest absolute Gasteiger partial charge is 0.507 e. The van der Waals surface area contributed by atoms with Crippen LogP contribution in [0, 0.1) is 5.92 Å². The van der Waals surface area contributed by atoms with E-state index in [4.69, 9.17) is 9.15 Å². The molecule has 1 fully saturated rings. The van der Waals surface area contributed by atoms with Crippen LogP contribution in [0.5, 0.6) is 11.5 Å². The van der Waals surface area contributed by atoms with Crippen LogP contribution in [0.1, 0.15) is 31.7 Å². The minimum atomic E-state index is -0.414. The molecular formula is C25H27NO6. The maximum absolute atomic E-state index is 13.0. The SMILES string of the molecule is CC(C)[C@@H](CC(=O)N1CCOCC1)c1c(O)cc(O)c2c(=O)cc(-c3ccccc3)oc12.